The zero-order chi connectivity index (χ0) is 21.3. The lowest BCUT2D eigenvalue weighted by Gasteiger charge is -2.20. The minimum Gasteiger partial charge on any atom is -0.457 e. The number of para-hydroxylation sites is 2. The van der Waals surface area contributed by atoms with Crippen molar-refractivity contribution in [3.05, 3.63) is 108 Å². The number of hydrogen-bond donors (Lipinski definition) is 1. The van der Waals surface area contributed by atoms with Crippen LogP contribution in [0.3, 0.4) is 0 Å². The number of nitrogens with one attached hydrogen (secondary N) is 1. The van der Waals surface area contributed by atoms with Crippen LogP contribution < -0.4 is 10.1 Å². The Morgan fingerprint density at radius 2 is 1.45 bits per heavy atom. The molecule has 1 aliphatic carbocycles. The highest BCUT2D eigenvalue weighted by Gasteiger charge is 2.29. The van der Waals surface area contributed by atoms with E-state index in [1.54, 1.807) is 0 Å². The van der Waals surface area contributed by atoms with E-state index in [0.717, 1.165) is 34.0 Å². The average molecular weight is 406 g/mol. The maximum atomic E-state index is 6.14. The molecule has 0 atom stereocenters. The molecule has 0 amide bonds. The van der Waals surface area contributed by atoms with Gasteiger partial charge in [0.05, 0.1) is 0 Å². The molecule has 0 saturated carbocycles. The summed E-state index contributed by atoms with van der Waals surface area (Å²) in [5.74, 6) is 1.70. The highest BCUT2D eigenvalue weighted by atomic mass is 16.5. The van der Waals surface area contributed by atoms with Gasteiger partial charge in [0.2, 0.25) is 0 Å². The normalized spacial score (nSPS) is 14.1. The predicted molar refractivity (Wildman–Crippen MR) is 129 cm³/mol. The van der Waals surface area contributed by atoms with Crippen LogP contribution >= 0.6 is 0 Å². The molecule has 0 fully saturated rings. The topological polar surface area (TPSA) is 21.3 Å². The van der Waals surface area contributed by atoms with Crippen molar-refractivity contribution in [2.45, 2.75) is 32.1 Å². The van der Waals surface area contributed by atoms with Crippen LogP contribution in [0.2, 0.25) is 0 Å². The third kappa shape index (κ3) is 4.06. The Morgan fingerprint density at radius 3 is 2.26 bits per heavy atom. The SMILES string of the molecule is CC1(C)CCc2ccc(Nc3ccc(-c4ccccc4Oc4ccccc4)cc3)cc21. The zero-order valence-corrected chi connectivity index (χ0v) is 18.1. The monoisotopic (exact) mass is 405 g/mol. The summed E-state index contributed by atoms with van der Waals surface area (Å²) in [5.41, 5.74) is 7.67. The number of anilines is 2. The van der Waals surface area contributed by atoms with Crippen molar-refractivity contribution in [3.8, 4) is 22.6 Å². The molecule has 5 rings (SSSR count). The van der Waals surface area contributed by atoms with E-state index in [0.29, 0.717) is 0 Å². The molecule has 154 valence electrons. The van der Waals surface area contributed by atoms with Gasteiger partial charge in [0.15, 0.2) is 0 Å². The predicted octanol–water partition coefficient (Wildman–Crippen LogP) is 8.11. The summed E-state index contributed by atoms with van der Waals surface area (Å²) in [6.45, 7) is 4.68. The second-order valence-corrected chi connectivity index (χ2v) is 8.87. The Balaban J connectivity index is 1.37. The molecular weight excluding hydrogens is 378 g/mol. The van der Waals surface area contributed by atoms with E-state index in [1.165, 1.54) is 24.0 Å². The van der Waals surface area contributed by atoms with Gasteiger partial charge < -0.3 is 10.1 Å². The molecule has 0 unspecified atom stereocenters. The van der Waals surface area contributed by atoms with E-state index in [2.05, 4.69) is 67.7 Å². The number of ether oxygens (including phenoxy) is 1. The second kappa shape index (κ2) is 7.96. The zero-order valence-electron chi connectivity index (χ0n) is 18.1. The highest BCUT2D eigenvalue weighted by Crippen LogP contribution is 2.40. The van der Waals surface area contributed by atoms with E-state index in [-0.39, 0.29) is 5.41 Å². The summed E-state index contributed by atoms with van der Waals surface area (Å²) in [6.07, 6.45) is 2.41. The summed E-state index contributed by atoms with van der Waals surface area (Å²) in [6, 6.07) is 33.4. The average Bonchev–Trinajstić information content (AvgIpc) is 3.10. The van der Waals surface area contributed by atoms with Crippen LogP contribution in [-0.2, 0) is 11.8 Å². The van der Waals surface area contributed by atoms with Crippen LogP contribution in [0.15, 0.2) is 97.1 Å². The lowest BCUT2D eigenvalue weighted by molar-refractivity contribution is 0.484. The van der Waals surface area contributed by atoms with Crippen molar-refractivity contribution in [3.63, 3.8) is 0 Å². The Labute approximate surface area is 184 Å². The molecule has 0 saturated heterocycles. The van der Waals surface area contributed by atoms with Gasteiger partial charge >= 0.3 is 0 Å². The molecule has 0 radical (unpaired) electrons. The summed E-state index contributed by atoms with van der Waals surface area (Å²) >= 11 is 0. The van der Waals surface area contributed by atoms with Crippen molar-refractivity contribution in [2.24, 2.45) is 0 Å². The molecule has 2 nitrogen and oxygen atoms in total. The molecule has 4 aromatic rings. The Kier molecular flexibility index (Phi) is 4.99. The van der Waals surface area contributed by atoms with E-state index in [4.69, 9.17) is 4.74 Å². The number of benzene rings is 4. The Morgan fingerprint density at radius 1 is 0.742 bits per heavy atom. The maximum absolute atomic E-state index is 6.14. The van der Waals surface area contributed by atoms with Gasteiger partial charge in [-0.15, -0.1) is 0 Å². The van der Waals surface area contributed by atoms with Crippen LogP contribution in [0.5, 0.6) is 11.5 Å². The van der Waals surface area contributed by atoms with Gasteiger partial charge in [-0.2, -0.15) is 0 Å². The van der Waals surface area contributed by atoms with Crippen LogP contribution in [0.4, 0.5) is 11.4 Å². The number of hydrogen-bond acceptors (Lipinski definition) is 2. The molecular formula is C29H27NO. The maximum Gasteiger partial charge on any atom is 0.135 e. The van der Waals surface area contributed by atoms with Gasteiger partial charge in [-0.3, -0.25) is 0 Å². The molecule has 31 heavy (non-hydrogen) atoms. The molecule has 1 N–H and O–H groups in total. The first-order chi connectivity index (χ1) is 15.1. The third-order valence-electron chi connectivity index (χ3n) is 6.20. The molecule has 0 aromatic heterocycles. The fraction of sp³-hybridized carbons (Fsp3) is 0.172. The van der Waals surface area contributed by atoms with Crippen molar-refractivity contribution in [1.82, 2.24) is 0 Å². The lowest BCUT2D eigenvalue weighted by Crippen LogP contribution is -2.11. The van der Waals surface area contributed by atoms with Gasteiger partial charge in [0.25, 0.3) is 0 Å². The van der Waals surface area contributed by atoms with Gasteiger partial charge in [-0.25, -0.2) is 0 Å². The quantitative estimate of drug-likeness (QED) is 0.362. The third-order valence-corrected chi connectivity index (χ3v) is 6.20. The van der Waals surface area contributed by atoms with E-state index in [1.807, 2.05) is 48.5 Å². The van der Waals surface area contributed by atoms with Gasteiger partial charge in [-0.05, 0) is 77.4 Å². The first kappa shape index (κ1) is 19.4. The summed E-state index contributed by atoms with van der Waals surface area (Å²) in [4.78, 5) is 0. The van der Waals surface area contributed by atoms with Crippen molar-refractivity contribution in [1.29, 1.82) is 0 Å². The number of aryl methyl sites for hydroxylation is 1. The van der Waals surface area contributed by atoms with Crippen LogP contribution in [0.1, 0.15) is 31.4 Å². The first-order valence-electron chi connectivity index (χ1n) is 10.9. The first-order valence-corrected chi connectivity index (χ1v) is 10.9. The van der Waals surface area contributed by atoms with Crippen LogP contribution in [0, 0.1) is 0 Å². The number of fused-ring (bicyclic) bond motifs is 1. The minimum atomic E-state index is 0.263. The smallest absolute Gasteiger partial charge is 0.135 e. The Bertz CT molecular complexity index is 1190. The largest absolute Gasteiger partial charge is 0.457 e. The standard InChI is InChI=1S/C29H27NO/c1-29(2)19-18-22-14-17-24(20-27(22)29)30-23-15-12-21(13-16-23)26-10-6-7-11-28(26)31-25-8-4-3-5-9-25/h3-17,20,30H,18-19H2,1-2H3. The molecule has 0 bridgehead atoms. The van der Waals surface area contributed by atoms with E-state index in [9.17, 15) is 0 Å². The van der Waals surface area contributed by atoms with E-state index < -0.39 is 0 Å². The molecule has 2 heteroatoms. The molecule has 0 spiro atoms. The molecule has 4 aromatic carbocycles. The van der Waals surface area contributed by atoms with Crippen molar-refractivity contribution in [2.75, 3.05) is 5.32 Å². The van der Waals surface area contributed by atoms with Crippen LogP contribution in [-0.4, -0.2) is 0 Å². The van der Waals surface area contributed by atoms with Crippen molar-refractivity contribution < 1.29 is 4.74 Å². The van der Waals surface area contributed by atoms with Gasteiger partial charge in [-0.1, -0.05) is 68.4 Å². The van der Waals surface area contributed by atoms with Crippen molar-refractivity contribution >= 4 is 11.4 Å². The summed E-state index contributed by atoms with van der Waals surface area (Å²) < 4.78 is 6.14. The second-order valence-electron chi connectivity index (χ2n) is 8.87. The molecule has 1 aliphatic rings. The van der Waals surface area contributed by atoms with Gasteiger partial charge in [0, 0.05) is 16.9 Å². The molecule has 0 aliphatic heterocycles. The fourth-order valence-corrected chi connectivity index (χ4v) is 4.39. The highest BCUT2D eigenvalue weighted by molar-refractivity contribution is 5.73. The summed E-state index contributed by atoms with van der Waals surface area (Å²) in [5, 5.41) is 3.57. The van der Waals surface area contributed by atoms with E-state index >= 15 is 0 Å². The minimum absolute atomic E-state index is 0.263. The number of rotatable bonds is 5. The van der Waals surface area contributed by atoms with Crippen LogP contribution in [0.25, 0.3) is 11.1 Å². The summed E-state index contributed by atoms with van der Waals surface area (Å²) in [7, 11) is 0. The fourth-order valence-electron chi connectivity index (χ4n) is 4.39. The molecule has 0 heterocycles. The lowest BCUT2D eigenvalue weighted by atomic mass is 9.86. The van der Waals surface area contributed by atoms with Gasteiger partial charge in [0.1, 0.15) is 11.5 Å². The Hall–Kier alpha value is -3.52.